The van der Waals surface area contributed by atoms with Crippen LogP contribution >= 0.6 is 8.95 Å². The van der Waals surface area contributed by atoms with Gasteiger partial charge in [-0.05, 0) is 12.8 Å². The van der Waals surface area contributed by atoms with Crippen LogP contribution in [0, 0.1) is 11.3 Å². The van der Waals surface area contributed by atoms with E-state index >= 15 is 0 Å². The number of carbonyl (C=O) groups is 1. The summed E-state index contributed by atoms with van der Waals surface area (Å²) in [5.74, 6) is 0.605. The van der Waals surface area contributed by atoms with Crippen molar-refractivity contribution in [2.75, 3.05) is 5.75 Å². The molecule has 3 radical (unpaired) electrons. The van der Waals surface area contributed by atoms with E-state index in [0.29, 0.717) is 0 Å². The topological polar surface area (TPSA) is 37.3 Å². The van der Waals surface area contributed by atoms with E-state index < -0.39 is 11.4 Å². The first-order chi connectivity index (χ1) is 12.5. The van der Waals surface area contributed by atoms with Gasteiger partial charge in [-0.2, -0.15) is 0 Å². The second-order valence-corrected chi connectivity index (χ2v) is 11.1. The first-order valence-corrected chi connectivity index (χ1v) is 15.1. The third-order valence-corrected chi connectivity index (χ3v) is 7.85. The summed E-state index contributed by atoms with van der Waals surface area (Å²) in [4.78, 5) is 11.7. The molecule has 0 aliphatic rings. The van der Waals surface area contributed by atoms with Gasteiger partial charge < -0.3 is 0 Å². The van der Waals surface area contributed by atoms with Crippen LogP contribution in [0.15, 0.2) is 12.2 Å². The fourth-order valence-electron chi connectivity index (χ4n) is 3.31. The Labute approximate surface area is 178 Å². The van der Waals surface area contributed by atoms with E-state index in [4.69, 9.17) is 0 Å². The molecule has 0 aromatic carbocycles. The monoisotopic (exact) mass is 489 g/mol. The van der Waals surface area contributed by atoms with Crippen molar-refractivity contribution in [3.05, 3.63) is 12.2 Å². The fourth-order valence-corrected chi connectivity index (χ4v) is 4.71. The van der Waals surface area contributed by atoms with E-state index in [1.165, 1.54) is 85.4 Å². The van der Waals surface area contributed by atoms with Crippen molar-refractivity contribution in [2.24, 2.45) is 11.3 Å². The molecular weight excluding hydrogens is 447 g/mol. The summed E-state index contributed by atoms with van der Waals surface area (Å²) >= 11 is 1.43. The number of carboxylic acid groups (broad SMARTS) is 1. The maximum atomic E-state index is 11.7. The second kappa shape index (κ2) is 17.5. The maximum absolute atomic E-state index is 11.7. The van der Waals surface area contributed by atoms with Crippen molar-refractivity contribution in [1.82, 2.24) is 0 Å². The van der Waals surface area contributed by atoms with Crippen LogP contribution in [0.25, 0.3) is 0 Å². The van der Waals surface area contributed by atoms with Crippen LogP contribution in [-0.2, 0) is 4.79 Å². The molecule has 0 aromatic heterocycles. The van der Waals surface area contributed by atoms with Crippen LogP contribution in [0.4, 0.5) is 0 Å². The van der Waals surface area contributed by atoms with Gasteiger partial charge in [0.15, 0.2) is 0 Å². The van der Waals surface area contributed by atoms with E-state index in [1.54, 1.807) is 0 Å². The molecule has 2 nitrogen and oxygen atoms in total. The molecule has 1 N–H and O–H groups in total. The van der Waals surface area contributed by atoms with Gasteiger partial charge in [0.1, 0.15) is 0 Å². The number of hydrogen-bond donors (Lipinski definition) is 1. The molecule has 4 heteroatoms. The van der Waals surface area contributed by atoms with Gasteiger partial charge in [-0.3, -0.25) is 0 Å². The van der Waals surface area contributed by atoms with E-state index in [-0.39, 0.29) is 5.92 Å². The molecule has 0 rings (SSSR count). The van der Waals surface area contributed by atoms with Crippen molar-refractivity contribution in [3.8, 4) is 0 Å². The number of hydrogen-bond acceptors (Lipinski definition) is 2. The van der Waals surface area contributed by atoms with E-state index in [9.17, 15) is 9.90 Å². The third-order valence-electron chi connectivity index (χ3n) is 5.70. The molecule has 0 heterocycles. The van der Waals surface area contributed by atoms with Crippen molar-refractivity contribution in [1.29, 1.82) is 0 Å². The van der Waals surface area contributed by atoms with Crippen molar-refractivity contribution in [3.63, 3.8) is 0 Å². The standard InChI is InChI=1S/C22H42O2S.Sn/c1-4-5-6-7-8-9-10-11-12-13-14-15-16-17-20(2)22(3,18-19-25)21(23)24;/h11-12,20,25H,4-10,13-19H2,1-3H3,(H,23,24);/q;+1/p-1/b12-11-;. The third kappa shape index (κ3) is 12.7. The van der Waals surface area contributed by atoms with Crippen LogP contribution in [0.1, 0.15) is 104 Å². The van der Waals surface area contributed by atoms with Gasteiger partial charge in [0.25, 0.3) is 0 Å². The Morgan fingerprint density at radius 1 is 1.04 bits per heavy atom. The zero-order chi connectivity index (χ0) is 19.7. The molecule has 0 bridgehead atoms. The molecule has 0 saturated carbocycles. The van der Waals surface area contributed by atoms with Gasteiger partial charge in [-0.15, -0.1) is 0 Å². The van der Waals surface area contributed by atoms with Gasteiger partial charge in [0.2, 0.25) is 0 Å². The van der Waals surface area contributed by atoms with Crippen molar-refractivity contribution < 1.29 is 9.90 Å². The Kier molecular flexibility index (Phi) is 17.7. The molecule has 151 valence electrons. The summed E-state index contributed by atoms with van der Waals surface area (Å²) in [6.45, 7) is 6.33. The van der Waals surface area contributed by atoms with Crippen molar-refractivity contribution >= 4 is 36.1 Å². The molecule has 0 fully saturated rings. The molecule has 0 aliphatic heterocycles. The first kappa shape index (κ1) is 26.4. The summed E-state index contributed by atoms with van der Waals surface area (Å²) in [6, 6.07) is 0. The second-order valence-electron chi connectivity index (χ2n) is 7.89. The molecule has 0 saturated heterocycles. The van der Waals surface area contributed by atoms with Gasteiger partial charge in [0.05, 0.1) is 0 Å². The van der Waals surface area contributed by atoms with Crippen LogP contribution in [0.2, 0.25) is 0 Å². The Hall–Kier alpha value is 0.359. The van der Waals surface area contributed by atoms with E-state index in [0.717, 1.165) is 25.0 Å². The molecule has 26 heavy (non-hydrogen) atoms. The number of rotatable bonds is 18. The van der Waals surface area contributed by atoms with Crippen LogP contribution < -0.4 is 0 Å². The molecular formula is C22H41O2SSn. The zero-order valence-corrected chi connectivity index (χ0v) is 21.1. The molecule has 0 aromatic rings. The fraction of sp³-hybridized carbons (Fsp3) is 0.864. The summed E-state index contributed by atoms with van der Waals surface area (Å²) in [5.41, 5.74) is -0.555. The van der Waals surface area contributed by atoms with Crippen LogP contribution in [0.5, 0.6) is 0 Å². The number of aliphatic carboxylic acids is 1. The summed E-state index contributed by atoms with van der Waals surface area (Å²) in [7, 11) is 1.83. The van der Waals surface area contributed by atoms with E-state index in [2.05, 4.69) is 26.0 Å². The Morgan fingerprint density at radius 3 is 2.12 bits per heavy atom. The predicted molar refractivity (Wildman–Crippen MR) is 118 cm³/mol. The Balaban J connectivity index is 3.72. The number of unbranched alkanes of at least 4 members (excludes halogenated alkanes) is 9. The molecule has 0 spiro atoms. The zero-order valence-electron chi connectivity index (χ0n) is 17.4. The minimum atomic E-state index is -0.618. The van der Waals surface area contributed by atoms with Crippen LogP contribution in [0.3, 0.4) is 0 Å². The predicted octanol–water partition coefficient (Wildman–Crippen LogP) is 7.18. The average Bonchev–Trinajstić information content (AvgIpc) is 2.63. The summed E-state index contributed by atoms with van der Waals surface area (Å²) in [6.07, 6.45) is 20.8. The normalized spacial score (nSPS) is 15.2. The summed E-state index contributed by atoms with van der Waals surface area (Å²) < 4.78 is 0. The van der Waals surface area contributed by atoms with Gasteiger partial charge >= 0.3 is 128 Å². The molecule has 2 atom stereocenters. The molecule has 2 unspecified atom stereocenters. The minimum absolute atomic E-state index is 0.256. The molecule has 0 amide bonds. The van der Waals surface area contributed by atoms with Gasteiger partial charge in [0, 0.05) is 0 Å². The Morgan fingerprint density at radius 2 is 1.58 bits per heavy atom. The van der Waals surface area contributed by atoms with Gasteiger partial charge in [-0.25, -0.2) is 0 Å². The average molecular weight is 488 g/mol. The summed E-state index contributed by atoms with van der Waals surface area (Å²) in [5, 5.41) is 9.62. The number of allylic oxidation sites excluding steroid dienone is 2. The molecule has 0 aliphatic carbocycles. The quantitative estimate of drug-likeness (QED) is 0.126. The van der Waals surface area contributed by atoms with Crippen LogP contribution in [-0.4, -0.2) is 38.0 Å². The van der Waals surface area contributed by atoms with Crippen molar-refractivity contribution in [2.45, 2.75) is 104 Å². The van der Waals surface area contributed by atoms with E-state index in [1.807, 2.05) is 15.9 Å². The Bertz CT molecular complexity index is 373. The first-order valence-electron chi connectivity index (χ1n) is 10.7. The number of carboxylic acids is 1. The van der Waals surface area contributed by atoms with Gasteiger partial charge in [-0.1, -0.05) is 39.0 Å². The SMILES string of the molecule is CCCCCCCC/C=C\CCCCCC(C)C(C)(CC[S][Sn])C(=O)O.